The predicted molar refractivity (Wildman–Crippen MR) is 135 cm³/mol. The summed E-state index contributed by atoms with van der Waals surface area (Å²) in [5.74, 6) is 0.0819. The van der Waals surface area contributed by atoms with Gasteiger partial charge in [0, 0.05) is 6.54 Å². The molecule has 34 heavy (non-hydrogen) atoms. The number of nitrogens with one attached hydrogen (secondary N) is 1. The van der Waals surface area contributed by atoms with Crippen molar-refractivity contribution in [3.05, 3.63) is 90.0 Å². The van der Waals surface area contributed by atoms with Crippen LogP contribution in [0.1, 0.15) is 24.1 Å². The summed E-state index contributed by atoms with van der Waals surface area (Å²) in [6, 6.07) is 24.5. The summed E-state index contributed by atoms with van der Waals surface area (Å²) in [6.45, 7) is 2.61. The number of fused-ring (bicyclic) bond motifs is 1. The molecule has 4 aromatic rings. The van der Waals surface area contributed by atoms with E-state index in [-0.39, 0.29) is 22.6 Å². The van der Waals surface area contributed by atoms with Crippen molar-refractivity contribution in [2.45, 2.75) is 36.0 Å². The van der Waals surface area contributed by atoms with E-state index in [0.717, 1.165) is 16.6 Å². The van der Waals surface area contributed by atoms with Gasteiger partial charge in [-0.15, -0.1) is 0 Å². The zero-order chi connectivity index (χ0) is 24.1. The fraction of sp³-hybridized carbons (Fsp3) is 0.200. The molecule has 1 unspecified atom stereocenters. The molecule has 4 rings (SSSR count). The van der Waals surface area contributed by atoms with E-state index in [0.29, 0.717) is 23.6 Å². The van der Waals surface area contributed by atoms with Crippen molar-refractivity contribution in [2.24, 2.45) is 5.14 Å². The number of rotatable bonds is 9. The molecule has 1 atom stereocenters. The summed E-state index contributed by atoms with van der Waals surface area (Å²) in [5, 5.41) is 9.06. The van der Waals surface area contributed by atoms with E-state index in [4.69, 9.17) is 5.14 Å². The number of hydrogen-bond donors (Lipinski definition) is 2. The topological polar surface area (TPSA) is 107 Å². The number of carbonyl (C=O) groups is 1. The average molecular weight is 495 g/mol. The lowest BCUT2D eigenvalue weighted by Crippen LogP contribution is -2.31. The lowest BCUT2D eigenvalue weighted by atomic mass is 9.99. The molecule has 1 aromatic heterocycles. The number of nitrogens with zero attached hydrogens (tertiary/aromatic N) is 2. The standard InChI is InChI=1S/C25H26N4O3S2/c1-2-29-23-14-13-20(34(26,31)32)16-22(23)28-25(29)33-17-24(30)27-21(19-11-7-4-8-12-19)15-18-9-5-3-6-10-18/h3-14,16,21H,2,15,17H2,1H3,(H,27,30)(H2,26,31,32). The Hall–Kier alpha value is -3.14. The summed E-state index contributed by atoms with van der Waals surface area (Å²) in [4.78, 5) is 17.5. The smallest absolute Gasteiger partial charge is 0.238 e. The van der Waals surface area contributed by atoms with E-state index < -0.39 is 10.0 Å². The van der Waals surface area contributed by atoms with Crippen LogP contribution in [0.25, 0.3) is 11.0 Å². The van der Waals surface area contributed by atoms with Crippen LogP contribution in [-0.4, -0.2) is 29.6 Å². The summed E-state index contributed by atoms with van der Waals surface area (Å²) < 4.78 is 25.3. The first-order valence-electron chi connectivity index (χ1n) is 10.9. The quantitative estimate of drug-likeness (QED) is 0.343. The van der Waals surface area contributed by atoms with Crippen molar-refractivity contribution < 1.29 is 13.2 Å². The number of thioether (sulfide) groups is 1. The molecule has 3 N–H and O–H groups in total. The second-order valence-corrected chi connectivity index (χ2v) is 10.3. The monoisotopic (exact) mass is 494 g/mol. The van der Waals surface area contributed by atoms with Crippen LogP contribution in [0, 0.1) is 0 Å². The lowest BCUT2D eigenvalue weighted by molar-refractivity contribution is -0.119. The number of aryl methyl sites for hydroxylation is 1. The fourth-order valence-corrected chi connectivity index (χ4v) is 5.26. The third-order valence-electron chi connectivity index (χ3n) is 5.48. The minimum absolute atomic E-state index is 0.0154. The molecular weight excluding hydrogens is 468 g/mol. The molecule has 3 aromatic carbocycles. The van der Waals surface area contributed by atoms with Crippen molar-refractivity contribution in [3.8, 4) is 0 Å². The third-order valence-corrected chi connectivity index (χ3v) is 7.37. The molecule has 0 aliphatic carbocycles. The molecule has 1 heterocycles. The number of carbonyl (C=O) groups excluding carboxylic acids is 1. The number of nitrogens with two attached hydrogens (primary N) is 1. The van der Waals surface area contributed by atoms with Gasteiger partial charge in [0.25, 0.3) is 0 Å². The number of imidazole rings is 1. The Bertz CT molecular complexity index is 1390. The van der Waals surface area contributed by atoms with Crippen LogP contribution in [0.3, 0.4) is 0 Å². The largest absolute Gasteiger partial charge is 0.348 e. The highest BCUT2D eigenvalue weighted by Gasteiger charge is 2.18. The van der Waals surface area contributed by atoms with Crippen molar-refractivity contribution in [2.75, 3.05) is 5.75 Å². The maximum Gasteiger partial charge on any atom is 0.238 e. The first-order chi connectivity index (χ1) is 16.3. The molecule has 9 heteroatoms. The molecule has 0 radical (unpaired) electrons. The summed E-state index contributed by atoms with van der Waals surface area (Å²) in [5.41, 5.74) is 3.51. The number of aromatic nitrogens is 2. The summed E-state index contributed by atoms with van der Waals surface area (Å²) >= 11 is 1.32. The Balaban J connectivity index is 1.50. The van der Waals surface area contributed by atoms with Crippen LogP contribution in [-0.2, 0) is 27.8 Å². The highest BCUT2D eigenvalue weighted by atomic mass is 32.2. The van der Waals surface area contributed by atoms with Gasteiger partial charge in [0.15, 0.2) is 5.16 Å². The van der Waals surface area contributed by atoms with Gasteiger partial charge >= 0.3 is 0 Å². The molecule has 176 valence electrons. The van der Waals surface area contributed by atoms with Crippen LogP contribution in [0.2, 0.25) is 0 Å². The lowest BCUT2D eigenvalue weighted by Gasteiger charge is -2.19. The van der Waals surface area contributed by atoms with E-state index in [2.05, 4.69) is 22.4 Å². The van der Waals surface area contributed by atoms with Gasteiger partial charge in [-0.05, 0) is 42.7 Å². The molecule has 7 nitrogen and oxygen atoms in total. The Morgan fingerprint density at radius 1 is 1.06 bits per heavy atom. The Morgan fingerprint density at radius 2 is 1.74 bits per heavy atom. The normalized spacial score (nSPS) is 12.5. The highest BCUT2D eigenvalue weighted by Crippen LogP contribution is 2.26. The Morgan fingerprint density at radius 3 is 2.38 bits per heavy atom. The minimum atomic E-state index is -3.82. The van der Waals surface area contributed by atoms with E-state index in [9.17, 15) is 13.2 Å². The van der Waals surface area contributed by atoms with Crippen molar-refractivity contribution >= 4 is 38.7 Å². The SMILES string of the molecule is CCn1c(SCC(=O)NC(Cc2ccccc2)c2ccccc2)nc2cc(S(N)(=O)=O)ccc21. The fourth-order valence-electron chi connectivity index (χ4n) is 3.83. The first-order valence-corrected chi connectivity index (χ1v) is 13.4. The van der Waals surface area contributed by atoms with Gasteiger partial charge in [0.05, 0.1) is 27.7 Å². The number of sulfonamides is 1. The zero-order valence-electron chi connectivity index (χ0n) is 18.7. The third kappa shape index (κ3) is 5.67. The van der Waals surface area contributed by atoms with Crippen LogP contribution >= 0.6 is 11.8 Å². The van der Waals surface area contributed by atoms with E-state index in [1.54, 1.807) is 6.07 Å². The van der Waals surface area contributed by atoms with E-state index in [1.165, 1.54) is 23.9 Å². The van der Waals surface area contributed by atoms with Crippen LogP contribution in [0.15, 0.2) is 88.9 Å². The molecule has 0 spiro atoms. The first kappa shape index (κ1) is 24.0. The van der Waals surface area contributed by atoms with Gasteiger partial charge in [-0.2, -0.15) is 0 Å². The van der Waals surface area contributed by atoms with Crippen LogP contribution in [0.5, 0.6) is 0 Å². The maximum absolute atomic E-state index is 12.9. The average Bonchev–Trinajstić information content (AvgIpc) is 3.20. The maximum atomic E-state index is 12.9. The second kappa shape index (κ2) is 10.4. The minimum Gasteiger partial charge on any atom is -0.348 e. The molecule has 1 amide bonds. The van der Waals surface area contributed by atoms with Crippen molar-refractivity contribution in [1.29, 1.82) is 0 Å². The number of amides is 1. The predicted octanol–water partition coefficient (Wildman–Crippen LogP) is 3.90. The highest BCUT2D eigenvalue weighted by molar-refractivity contribution is 7.99. The molecule has 0 aliphatic rings. The molecule has 0 bridgehead atoms. The molecule has 0 saturated heterocycles. The van der Waals surface area contributed by atoms with E-state index >= 15 is 0 Å². The molecule has 0 saturated carbocycles. The van der Waals surface area contributed by atoms with Crippen molar-refractivity contribution in [1.82, 2.24) is 14.9 Å². The van der Waals surface area contributed by atoms with Gasteiger partial charge in [-0.3, -0.25) is 4.79 Å². The molecule has 0 fully saturated rings. The summed E-state index contributed by atoms with van der Waals surface area (Å²) in [6.07, 6.45) is 0.686. The van der Waals surface area contributed by atoms with Crippen LogP contribution in [0.4, 0.5) is 0 Å². The zero-order valence-corrected chi connectivity index (χ0v) is 20.4. The Labute approximate surface area is 203 Å². The number of hydrogen-bond acceptors (Lipinski definition) is 5. The van der Waals surface area contributed by atoms with Gasteiger partial charge in [0.1, 0.15) is 0 Å². The van der Waals surface area contributed by atoms with Gasteiger partial charge in [-0.1, -0.05) is 72.4 Å². The molecule has 0 aliphatic heterocycles. The van der Waals surface area contributed by atoms with Gasteiger partial charge in [-0.25, -0.2) is 18.5 Å². The van der Waals surface area contributed by atoms with Crippen molar-refractivity contribution in [3.63, 3.8) is 0 Å². The number of primary sulfonamides is 1. The second-order valence-electron chi connectivity index (χ2n) is 7.84. The number of benzene rings is 3. The van der Waals surface area contributed by atoms with Crippen LogP contribution < -0.4 is 10.5 Å². The van der Waals surface area contributed by atoms with Gasteiger partial charge < -0.3 is 9.88 Å². The summed E-state index contributed by atoms with van der Waals surface area (Å²) in [7, 11) is -3.82. The Kier molecular flexibility index (Phi) is 7.35. The van der Waals surface area contributed by atoms with Gasteiger partial charge in [0.2, 0.25) is 15.9 Å². The van der Waals surface area contributed by atoms with E-state index in [1.807, 2.05) is 60.0 Å². The molecular formula is C25H26N4O3S2.